The number of hydrogen-bond donors (Lipinski definition) is 0. The van der Waals surface area contributed by atoms with E-state index in [-0.39, 0.29) is 0 Å². The van der Waals surface area contributed by atoms with E-state index in [4.69, 9.17) is 5.26 Å². The lowest BCUT2D eigenvalue weighted by Gasteiger charge is -2.01. The number of benzene rings is 1. The van der Waals surface area contributed by atoms with E-state index in [9.17, 15) is 0 Å². The molecule has 0 spiro atoms. The second-order valence-corrected chi connectivity index (χ2v) is 3.61. The Labute approximate surface area is 86.4 Å². The van der Waals surface area contributed by atoms with Gasteiger partial charge in [-0.25, -0.2) is 0 Å². The lowest BCUT2D eigenvalue weighted by Crippen LogP contribution is -1.87. The molecule has 0 unspecified atom stereocenters. The van der Waals surface area contributed by atoms with Crippen molar-refractivity contribution in [2.45, 2.75) is 39.0 Å². The van der Waals surface area contributed by atoms with Gasteiger partial charge in [0.15, 0.2) is 0 Å². The van der Waals surface area contributed by atoms with Gasteiger partial charge in [-0.3, -0.25) is 0 Å². The SMILES string of the molecule is CCCCCc1ccc(CC#N)cc1. The Morgan fingerprint density at radius 1 is 1.07 bits per heavy atom. The van der Waals surface area contributed by atoms with Crippen molar-refractivity contribution < 1.29 is 0 Å². The molecule has 0 radical (unpaired) electrons. The van der Waals surface area contributed by atoms with Gasteiger partial charge in [0.1, 0.15) is 0 Å². The molecule has 14 heavy (non-hydrogen) atoms. The van der Waals surface area contributed by atoms with E-state index in [2.05, 4.69) is 37.3 Å². The molecule has 0 saturated carbocycles. The van der Waals surface area contributed by atoms with E-state index in [1.54, 1.807) is 0 Å². The summed E-state index contributed by atoms with van der Waals surface area (Å²) in [4.78, 5) is 0. The van der Waals surface area contributed by atoms with Crippen molar-refractivity contribution >= 4 is 0 Å². The zero-order valence-corrected chi connectivity index (χ0v) is 8.79. The van der Waals surface area contributed by atoms with Crippen LogP contribution >= 0.6 is 0 Å². The number of aryl methyl sites for hydroxylation is 1. The van der Waals surface area contributed by atoms with Crippen LogP contribution in [0.3, 0.4) is 0 Å². The molecule has 1 aromatic carbocycles. The molecule has 0 bridgehead atoms. The molecule has 0 aromatic heterocycles. The third-order valence-corrected chi connectivity index (χ3v) is 2.38. The topological polar surface area (TPSA) is 23.8 Å². The van der Waals surface area contributed by atoms with Gasteiger partial charge in [0.25, 0.3) is 0 Å². The highest BCUT2D eigenvalue weighted by atomic mass is 14.2. The fourth-order valence-corrected chi connectivity index (χ4v) is 1.49. The standard InChI is InChI=1S/C13H17N/c1-2-3-4-5-12-6-8-13(9-7-12)10-11-14/h6-9H,2-5,10H2,1H3. The number of hydrogen-bond acceptors (Lipinski definition) is 1. The van der Waals surface area contributed by atoms with E-state index in [1.807, 2.05) is 0 Å². The summed E-state index contributed by atoms with van der Waals surface area (Å²) in [6.45, 7) is 2.22. The van der Waals surface area contributed by atoms with Crippen molar-refractivity contribution in [1.82, 2.24) is 0 Å². The smallest absolute Gasteiger partial charge is 0.0669 e. The van der Waals surface area contributed by atoms with Crippen LogP contribution in [0.5, 0.6) is 0 Å². The first-order chi connectivity index (χ1) is 6.86. The lowest BCUT2D eigenvalue weighted by atomic mass is 10.0. The van der Waals surface area contributed by atoms with Crippen LogP contribution in [0.2, 0.25) is 0 Å². The molecule has 1 rings (SSSR count). The molecule has 1 heteroatoms. The van der Waals surface area contributed by atoms with E-state index >= 15 is 0 Å². The molecule has 0 heterocycles. The van der Waals surface area contributed by atoms with Gasteiger partial charge in [0.05, 0.1) is 12.5 Å². The Kier molecular flexibility index (Phi) is 4.78. The summed E-state index contributed by atoms with van der Waals surface area (Å²) in [5, 5.41) is 8.51. The van der Waals surface area contributed by atoms with Gasteiger partial charge in [-0.15, -0.1) is 0 Å². The fraction of sp³-hybridized carbons (Fsp3) is 0.462. The molecule has 0 aliphatic rings. The summed E-state index contributed by atoms with van der Waals surface area (Å²) < 4.78 is 0. The molecular formula is C13H17N. The van der Waals surface area contributed by atoms with Gasteiger partial charge >= 0.3 is 0 Å². The molecule has 0 fully saturated rings. The first-order valence-electron chi connectivity index (χ1n) is 5.31. The van der Waals surface area contributed by atoms with Gasteiger partial charge in [-0.2, -0.15) is 5.26 Å². The Morgan fingerprint density at radius 3 is 2.29 bits per heavy atom. The lowest BCUT2D eigenvalue weighted by molar-refractivity contribution is 0.717. The second-order valence-electron chi connectivity index (χ2n) is 3.61. The predicted octanol–water partition coefficient (Wildman–Crippen LogP) is 3.49. The molecule has 0 amide bonds. The molecule has 0 N–H and O–H groups in total. The molecular weight excluding hydrogens is 170 g/mol. The quantitative estimate of drug-likeness (QED) is 0.647. The average Bonchev–Trinajstić information content (AvgIpc) is 2.21. The van der Waals surface area contributed by atoms with E-state index < -0.39 is 0 Å². The van der Waals surface area contributed by atoms with E-state index in [0.717, 1.165) is 5.56 Å². The predicted molar refractivity (Wildman–Crippen MR) is 59.0 cm³/mol. The first-order valence-corrected chi connectivity index (χ1v) is 5.31. The minimum atomic E-state index is 0.523. The Balaban J connectivity index is 2.43. The summed E-state index contributed by atoms with van der Waals surface area (Å²) in [5.74, 6) is 0. The minimum absolute atomic E-state index is 0.523. The third-order valence-electron chi connectivity index (χ3n) is 2.38. The van der Waals surface area contributed by atoms with Crippen LogP contribution in [0.4, 0.5) is 0 Å². The number of unbranched alkanes of at least 4 members (excludes halogenated alkanes) is 2. The fourth-order valence-electron chi connectivity index (χ4n) is 1.49. The minimum Gasteiger partial charge on any atom is -0.198 e. The van der Waals surface area contributed by atoms with E-state index in [0.29, 0.717) is 6.42 Å². The monoisotopic (exact) mass is 187 g/mol. The zero-order valence-electron chi connectivity index (χ0n) is 8.79. The molecule has 0 aliphatic heterocycles. The van der Waals surface area contributed by atoms with Crippen LogP contribution in [-0.2, 0) is 12.8 Å². The molecule has 0 saturated heterocycles. The summed E-state index contributed by atoms with van der Waals surface area (Å²) >= 11 is 0. The van der Waals surface area contributed by atoms with Gasteiger partial charge in [-0.05, 0) is 24.0 Å². The maximum atomic E-state index is 8.51. The van der Waals surface area contributed by atoms with Crippen LogP contribution in [0.1, 0.15) is 37.3 Å². The number of rotatable bonds is 5. The van der Waals surface area contributed by atoms with Crippen LogP contribution in [-0.4, -0.2) is 0 Å². The maximum absolute atomic E-state index is 8.51. The van der Waals surface area contributed by atoms with Gasteiger partial charge in [-0.1, -0.05) is 44.0 Å². The largest absolute Gasteiger partial charge is 0.198 e. The van der Waals surface area contributed by atoms with Crippen molar-refractivity contribution in [2.24, 2.45) is 0 Å². The van der Waals surface area contributed by atoms with Crippen molar-refractivity contribution in [3.8, 4) is 6.07 Å². The Hall–Kier alpha value is -1.29. The Morgan fingerprint density at radius 2 is 1.71 bits per heavy atom. The summed E-state index contributed by atoms with van der Waals surface area (Å²) in [6, 6.07) is 10.6. The van der Waals surface area contributed by atoms with Crippen molar-refractivity contribution in [3.63, 3.8) is 0 Å². The van der Waals surface area contributed by atoms with Crippen molar-refractivity contribution in [2.75, 3.05) is 0 Å². The highest BCUT2D eigenvalue weighted by molar-refractivity contribution is 5.24. The van der Waals surface area contributed by atoms with E-state index in [1.165, 1.54) is 31.2 Å². The molecule has 74 valence electrons. The molecule has 1 nitrogen and oxygen atoms in total. The van der Waals surface area contributed by atoms with Crippen LogP contribution in [0, 0.1) is 11.3 Å². The van der Waals surface area contributed by atoms with Gasteiger partial charge in [0.2, 0.25) is 0 Å². The summed E-state index contributed by atoms with van der Waals surface area (Å²) in [7, 11) is 0. The molecule has 0 atom stereocenters. The van der Waals surface area contributed by atoms with Crippen LogP contribution in [0.15, 0.2) is 24.3 Å². The zero-order chi connectivity index (χ0) is 10.2. The maximum Gasteiger partial charge on any atom is 0.0669 e. The van der Waals surface area contributed by atoms with Crippen LogP contribution < -0.4 is 0 Å². The third kappa shape index (κ3) is 3.62. The summed E-state index contributed by atoms with van der Waals surface area (Å²) in [6.07, 6.45) is 5.54. The second kappa shape index (κ2) is 6.21. The summed E-state index contributed by atoms with van der Waals surface area (Å²) in [5.41, 5.74) is 2.51. The van der Waals surface area contributed by atoms with Gasteiger partial charge in [0, 0.05) is 0 Å². The number of nitriles is 1. The van der Waals surface area contributed by atoms with Crippen LogP contribution in [0.25, 0.3) is 0 Å². The first kappa shape index (κ1) is 10.8. The highest BCUT2D eigenvalue weighted by Crippen LogP contribution is 2.08. The normalized spacial score (nSPS) is 9.71. The van der Waals surface area contributed by atoms with Crippen molar-refractivity contribution in [1.29, 1.82) is 5.26 Å². The number of nitrogens with zero attached hydrogens (tertiary/aromatic N) is 1. The Bertz CT molecular complexity index is 292. The highest BCUT2D eigenvalue weighted by Gasteiger charge is 1.94. The molecule has 1 aromatic rings. The average molecular weight is 187 g/mol. The van der Waals surface area contributed by atoms with Gasteiger partial charge < -0.3 is 0 Å². The molecule has 0 aliphatic carbocycles. The van der Waals surface area contributed by atoms with Crippen molar-refractivity contribution in [3.05, 3.63) is 35.4 Å².